The maximum absolute atomic E-state index is 14.6. The van der Waals surface area contributed by atoms with Crippen LogP contribution in [0.15, 0.2) is 46.2 Å². The van der Waals surface area contributed by atoms with Crippen LogP contribution in [0.5, 0.6) is 0 Å². The Hall–Kier alpha value is -3.97. The van der Waals surface area contributed by atoms with E-state index in [1.165, 1.54) is 0 Å². The van der Waals surface area contributed by atoms with Crippen molar-refractivity contribution in [2.24, 2.45) is 0 Å². The second kappa shape index (κ2) is 6.58. The Kier molecular flexibility index (Phi) is 4.05. The Balaban J connectivity index is 1.71. The molecular formula is C28H26N4O2S. The second-order valence-electron chi connectivity index (χ2n) is 9.59. The van der Waals surface area contributed by atoms with Crippen LogP contribution in [0, 0.1) is 27.7 Å². The van der Waals surface area contributed by atoms with Crippen LogP contribution in [-0.2, 0) is 9.84 Å². The van der Waals surface area contributed by atoms with Gasteiger partial charge in [0, 0.05) is 33.9 Å². The van der Waals surface area contributed by atoms with Crippen molar-refractivity contribution < 1.29 is 8.42 Å². The Morgan fingerprint density at radius 2 is 0.857 bits per heavy atom. The number of nitrogen functional groups attached to an aromatic ring is 4. The quantitative estimate of drug-likeness (QED) is 0.245. The van der Waals surface area contributed by atoms with Gasteiger partial charge in [-0.3, -0.25) is 0 Å². The Bertz CT molecular complexity index is 1660. The van der Waals surface area contributed by atoms with Gasteiger partial charge in [-0.2, -0.15) is 0 Å². The summed E-state index contributed by atoms with van der Waals surface area (Å²) in [5.41, 5.74) is 36.7. The Morgan fingerprint density at radius 3 is 1.23 bits per heavy atom. The van der Waals surface area contributed by atoms with Crippen molar-refractivity contribution in [3.8, 4) is 44.5 Å². The first-order valence-electron chi connectivity index (χ1n) is 11.4. The minimum atomic E-state index is -4.04. The summed E-state index contributed by atoms with van der Waals surface area (Å²) in [4.78, 5) is 0.444. The summed E-state index contributed by atoms with van der Waals surface area (Å²) in [5.74, 6) is 0. The number of benzene rings is 4. The molecule has 8 N–H and O–H groups in total. The molecule has 2 aliphatic carbocycles. The fourth-order valence-electron chi connectivity index (χ4n) is 5.67. The summed E-state index contributed by atoms with van der Waals surface area (Å²) in [6.45, 7) is 7.35. The molecule has 0 saturated carbocycles. The van der Waals surface area contributed by atoms with Crippen molar-refractivity contribution in [3.05, 3.63) is 58.7 Å². The molecule has 0 bridgehead atoms. The number of rotatable bonds is 2. The molecule has 35 heavy (non-hydrogen) atoms. The van der Waals surface area contributed by atoms with Crippen LogP contribution in [0.3, 0.4) is 0 Å². The predicted molar refractivity (Wildman–Crippen MR) is 144 cm³/mol. The molecule has 4 aromatic carbocycles. The normalized spacial score (nSPS) is 12.7. The number of hydrogen-bond acceptors (Lipinski definition) is 6. The van der Waals surface area contributed by atoms with Gasteiger partial charge in [0.1, 0.15) is 0 Å². The van der Waals surface area contributed by atoms with Crippen molar-refractivity contribution in [1.82, 2.24) is 0 Å². The van der Waals surface area contributed by atoms with Crippen LogP contribution in [0.1, 0.15) is 22.3 Å². The number of anilines is 4. The molecule has 0 aromatic heterocycles. The lowest BCUT2D eigenvalue weighted by Gasteiger charge is -2.34. The topological polar surface area (TPSA) is 138 Å². The third-order valence-corrected chi connectivity index (χ3v) is 9.87. The van der Waals surface area contributed by atoms with Gasteiger partial charge < -0.3 is 22.9 Å². The zero-order valence-corrected chi connectivity index (χ0v) is 20.8. The number of hydrogen-bond donors (Lipinski definition) is 4. The van der Waals surface area contributed by atoms with Gasteiger partial charge in [-0.05, 0) is 108 Å². The highest BCUT2D eigenvalue weighted by molar-refractivity contribution is 7.92. The minimum Gasteiger partial charge on any atom is -0.398 e. The zero-order valence-electron chi connectivity index (χ0n) is 20.0. The van der Waals surface area contributed by atoms with E-state index in [9.17, 15) is 8.42 Å². The third-order valence-electron chi connectivity index (χ3n) is 7.77. The predicted octanol–water partition coefficient (Wildman–Crippen LogP) is 5.38. The first-order chi connectivity index (χ1) is 16.5. The van der Waals surface area contributed by atoms with Crippen LogP contribution in [0.25, 0.3) is 44.5 Å². The van der Waals surface area contributed by atoms with Gasteiger partial charge in [-0.1, -0.05) is 12.1 Å². The summed E-state index contributed by atoms with van der Waals surface area (Å²) in [6, 6.07) is 11.2. The van der Waals surface area contributed by atoms with E-state index in [-0.39, 0.29) is 9.79 Å². The highest BCUT2D eigenvalue weighted by Gasteiger charge is 2.40. The maximum Gasteiger partial charge on any atom is 0.208 e. The fraction of sp³-hybridized carbons (Fsp3) is 0.143. The lowest BCUT2D eigenvalue weighted by molar-refractivity contribution is 0.595. The maximum atomic E-state index is 14.6. The molecule has 0 saturated heterocycles. The summed E-state index contributed by atoms with van der Waals surface area (Å²) >= 11 is 0. The highest BCUT2D eigenvalue weighted by atomic mass is 32.2. The smallest absolute Gasteiger partial charge is 0.208 e. The molecule has 0 radical (unpaired) electrons. The van der Waals surface area contributed by atoms with Gasteiger partial charge in [-0.15, -0.1) is 0 Å². The molecule has 176 valence electrons. The van der Waals surface area contributed by atoms with Crippen LogP contribution < -0.4 is 22.9 Å². The van der Waals surface area contributed by atoms with Crippen molar-refractivity contribution in [1.29, 1.82) is 0 Å². The molecule has 0 unspecified atom stereocenters. The van der Waals surface area contributed by atoms with Gasteiger partial charge in [0.05, 0.1) is 9.79 Å². The summed E-state index contributed by atoms with van der Waals surface area (Å²) < 4.78 is 29.3. The molecule has 0 spiro atoms. The summed E-state index contributed by atoms with van der Waals surface area (Å²) in [7, 11) is -4.04. The van der Waals surface area contributed by atoms with Gasteiger partial charge in [0.2, 0.25) is 9.84 Å². The Morgan fingerprint density at radius 1 is 0.486 bits per heavy atom. The number of fused-ring (bicyclic) bond motifs is 8. The van der Waals surface area contributed by atoms with Crippen molar-refractivity contribution in [2.45, 2.75) is 37.5 Å². The molecule has 0 amide bonds. The fourth-order valence-corrected chi connectivity index (χ4v) is 7.88. The standard InChI is InChI=1S/C28H26N4O2S/c1-11-19(29)7-5-15-17-9-21(31)13(3)27(25(17)23(11)15)35(33,34)28-14(4)22(32)10-18-16-6-8-20(30)12(2)24(16)26(18)28/h5-10H,29-32H2,1-4H3. The minimum absolute atomic E-state index is 0.222. The van der Waals surface area contributed by atoms with E-state index >= 15 is 0 Å². The van der Waals surface area contributed by atoms with Crippen LogP contribution in [0.2, 0.25) is 0 Å². The molecule has 7 heteroatoms. The second-order valence-corrected chi connectivity index (χ2v) is 11.4. The molecule has 0 fully saturated rings. The van der Waals surface area contributed by atoms with E-state index in [0.29, 0.717) is 45.0 Å². The Labute approximate surface area is 204 Å². The molecule has 2 aliphatic rings. The molecule has 0 atom stereocenters. The zero-order chi connectivity index (χ0) is 25.1. The van der Waals surface area contributed by atoms with E-state index < -0.39 is 9.84 Å². The van der Waals surface area contributed by atoms with E-state index in [1.807, 2.05) is 50.2 Å². The summed E-state index contributed by atoms with van der Waals surface area (Å²) in [5, 5.41) is 0. The first-order valence-corrected chi connectivity index (χ1v) is 12.9. The van der Waals surface area contributed by atoms with E-state index in [1.54, 1.807) is 13.8 Å². The lowest BCUT2D eigenvalue weighted by atomic mass is 9.76. The third kappa shape index (κ3) is 2.46. The highest BCUT2D eigenvalue weighted by Crippen LogP contribution is 2.59. The molecular weight excluding hydrogens is 456 g/mol. The SMILES string of the molecule is Cc1c(N)ccc2c1-c1c-2cc(N)c(C)c1S(=O)(=O)c1c(C)c(N)cc2c1-c1c-2ccc(N)c1C. The van der Waals surface area contributed by atoms with Gasteiger partial charge in [0.15, 0.2) is 0 Å². The van der Waals surface area contributed by atoms with Gasteiger partial charge >= 0.3 is 0 Å². The summed E-state index contributed by atoms with van der Waals surface area (Å²) in [6.07, 6.45) is 0. The monoisotopic (exact) mass is 482 g/mol. The van der Waals surface area contributed by atoms with Gasteiger partial charge in [-0.25, -0.2) is 8.42 Å². The molecule has 4 aromatic rings. The van der Waals surface area contributed by atoms with E-state index in [2.05, 4.69) is 0 Å². The van der Waals surface area contributed by atoms with E-state index in [0.717, 1.165) is 44.5 Å². The molecule has 6 rings (SSSR count). The van der Waals surface area contributed by atoms with Crippen molar-refractivity contribution >= 4 is 32.6 Å². The first kappa shape index (κ1) is 21.6. The van der Waals surface area contributed by atoms with Crippen LogP contribution >= 0.6 is 0 Å². The molecule has 0 heterocycles. The van der Waals surface area contributed by atoms with Gasteiger partial charge in [0.25, 0.3) is 0 Å². The molecule has 0 aliphatic heterocycles. The largest absolute Gasteiger partial charge is 0.398 e. The van der Waals surface area contributed by atoms with Crippen molar-refractivity contribution in [2.75, 3.05) is 22.9 Å². The number of sulfone groups is 1. The average Bonchev–Trinajstić information content (AvgIpc) is 2.79. The van der Waals surface area contributed by atoms with Crippen LogP contribution in [0.4, 0.5) is 22.7 Å². The van der Waals surface area contributed by atoms with Crippen molar-refractivity contribution in [3.63, 3.8) is 0 Å². The number of nitrogens with two attached hydrogens (primary N) is 4. The lowest BCUT2D eigenvalue weighted by Crippen LogP contribution is -2.18. The molecule has 6 nitrogen and oxygen atoms in total. The van der Waals surface area contributed by atoms with Crippen LogP contribution in [-0.4, -0.2) is 8.42 Å². The van der Waals surface area contributed by atoms with E-state index in [4.69, 9.17) is 22.9 Å². The average molecular weight is 483 g/mol.